The summed E-state index contributed by atoms with van der Waals surface area (Å²) in [7, 11) is 0. The van der Waals surface area contributed by atoms with E-state index in [1.165, 1.54) is 61.0 Å². The molecule has 0 atom stereocenters. The molecule has 4 amide bonds. The summed E-state index contributed by atoms with van der Waals surface area (Å²) in [6, 6.07) is -0.833. The molecule has 0 aromatic heterocycles. The first-order valence-corrected chi connectivity index (χ1v) is 23.9. The Kier molecular flexibility index (Phi) is 52.7. The number of rotatable bonds is 30. The number of unbranched alkanes of at least 4 members (excludes halogenated alkanes) is 12. The lowest BCUT2D eigenvalue weighted by atomic mass is 9.60. The van der Waals surface area contributed by atoms with E-state index in [2.05, 4.69) is 49.4 Å². The van der Waals surface area contributed by atoms with Crippen LogP contribution in [-0.4, -0.2) is 148 Å². The molecule has 0 aromatic carbocycles. The maximum Gasteiger partial charge on any atom is 0.325 e. The van der Waals surface area contributed by atoms with Crippen LogP contribution in [-0.2, 0) is 28.8 Å². The van der Waals surface area contributed by atoms with Crippen LogP contribution >= 0.6 is 0 Å². The summed E-state index contributed by atoms with van der Waals surface area (Å²) in [5, 5.41) is 31.6. The Morgan fingerprint density at radius 3 is 1.04 bits per heavy atom. The molecule has 0 bridgehead atoms. The van der Waals surface area contributed by atoms with Gasteiger partial charge in [-0.3, -0.25) is 0 Å². The summed E-state index contributed by atoms with van der Waals surface area (Å²) in [5.41, 5.74) is 0.389. The highest BCUT2D eigenvalue weighted by Crippen LogP contribution is 2.48. The van der Waals surface area contributed by atoms with E-state index in [-0.39, 0.29) is 27.5 Å². The molecule has 2 rings (SSSR count). The van der Waals surface area contributed by atoms with Crippen LogP contribution in [0.4, 0.5) is 9.59 Å². The van der Waals surface area contributed by atoms with Gasteiger partial charge in [0, 0.05) is 29.5 Å². The van der Waals surface area contributed by atoms with Gasteiger partial charge in [0.05, 0.1) is 44.9 Å². The zero-order chi connectivity index (χ0) is 49.4. The van der Waals surface area contributed by atoms with Gasteiger partial charge >= 0.3 is 12.1 Å². The molecule has 0 aromatic rings. The van der Waals surface area contributed by atoms with Gasteiger partial charge in [0.2, 0.25) is 30.4 Å². The Balaban J connectivity index is -0.000000323. The van der Waals surface area contributed by atoms with Crippen molar-refractivity contribution in [3.8, 4) is 0 Å². The molecular formula is C47H83BN8O12-. The third kappa shape index (κ3) is 41.3. The Labute approximate surface area is 407 Å². The average molecular weight is 963 g/mol. The quantitative estimate of drug-likeness (QED) is 0.0173. The molecule has 7 N–H and O–H groups in total. The van der Waals surface area contributed by atoms with Gasteiger partial charge in [0.15, 0.2) is 0 Å². The molecule has 2 saturated carbocycles. The van der Waals surface area contributed by atoms with Crippen LogP contribution in [0.1, 0.15) is 169 Å². The van der Waals surface area contributed by atoms with Gasteiger partial charge in [0.25, 0.3) is 0 Å². The highest BCUT2D eigenvalue weighted by Gasteiger charge is 2.40. The third-order valence-electron chi connectivity index (χ3n) is 11.9. The van der Waals surface area contributed by atoms with Crippen LogP contribution in [0.2, 0.25) is 0 Å². The molecule has 0 spiro atoms. The Morgan fingerprint density at radius 2 is 0.779 bits per heavy atom. The number of hydrogen-bond donors (Lipinski definition) is 5. The van der Waals surface area contributed by atoms with Crippen molar-refractivity contribution in [2.45, 2.75) is 180 Å². The first-order valence-electron chi connectivity index (χ1n) is 23.9. The highest BCUT2D eigenvalue weighted by atomic mass is 16.3. The van der Waals surface area contributed by atoms with Gasteiger partial charge in [0.1, 0.15) is 0 Å². The predicted octanol–water partition coefficient (Wildman–Crippen LogP) is 6.38. The number of amides is 4. The van der Waals surface area contributed by atoms with Crippen molar-refractivity contribution in [1.29, 1.82) is 0 Å². The molecule has 0 aliphatic heterocycles. The van der Waals surface area contributed by atoms with E-state index < -0.39 is 12.1 Å². The number of hydrogen-bond acceptors (Lipinski definition) is 15. The van der Waals surface area contributed by atoms with Crippen LogP contribution in [0.5, 0.6) is 0 Å². The molecule has 0 unspecified atom stereocenters. The summed E-state index contributed by atoms with van der Waals surface area (Å²) >= 11 is 0. The van der Waals surface area contributed by atoms with Crippen molar-refractivity contribution in [2.75, 3.05) is 52.4 Å². The van der Waals surface area contributed by atoms with Crippen LogP contribution in [0.15, 0.2) is 25.0 Å². The molecular weight excluding hydrogens is 879 g/mol. The maximum absolute atomic E-state index is 12.6. The number of aliphatic hydroxyl groups is 2. The molecule has 2 aliphatic rings. The molecule has 0 heterocycles. The first-order chi connectivity index (χ1) is 32.0. The van der Waals surface area contributed by atoms with Crippen molar-refractivity contribution < 1.29 is 60.6 Å². The van der Waals surface area contributed by atoms with Crippen LogP contribution < -0.4 is 10.6 Å². The number of isocyanates is 5. The monoisotopic (exact) mass is 963 g/mol. The summed E-state index contributed by atoms with van der Waals surface area (Å²) in [6.07, 6.45) is 29.8. The van der Waals surface area contributed by atoms with E-state index in [0.717, 1.165) is 134 Å². The molecule has 21 heteroatoms. The van der Waals surface area contributed by atoms with Gasteiger partial charge < -0.3 is 36.2 Å². The molecule has 2 aliphatic carbocycles. The fourth-order valence-electron chi connectivity index (χ4n) is 7.97. The van der Waals surface area contributed by atoms with E-state index in [1.807, 2.05) is 0 Å². The van der Waals surface area contributed by atoms with Gasteiger partial charge in [-0.05, 0) is 120 Å². The molecule has 3 radical (unpaired) electrons. The Morgan fingerprint density at radius 1 is 0.529 bits per heavy atom. The van der Waals surface area contributed by atoms with Crippen molar-refractivity contribution in [3.05, 3.63) is 0 Å². The predicted molar refractivity (Wildman–Crippen MR) is 262 cm³/mol. The summed E-state index contributed by atoms with van der Waals surface area (Å²) < 4.78 is 0. The molecule has 2 fully saturated rings. The lowest BCUT2D eigenvalue weighted by molar-refractivity contribution is 0.00232. The number of carbonyl (C=O) groups is 2. The fourth-order valence-corrected chi connectivity index (χ4v) is 7.97. The topological polar surface area (TPSA) is 318 Å². The van der Waals surface area contributed by atoms with Crippen LogP contribution in [0.25, 0.3) is 0 Å². The number of carbonyl (C=O) groups excluding carboxylic acids is 7. The number of aliphatic hydroxyl groups excluding tert-OH is 3. The Hall–Kier alpha value is -4.95. The number of nitrogens with one attached hydrogen (secondary N) is 2. The van der Waals surface area contributed by atoms with Gasteiger partial charge in [-0.15, -0.1) is 0 Å². The summed E-state index contributed by atoms with van der Waals surface area (Å²) in [4.78, 5) is 101. The van der Waals surface area contributed by atoms with Crippen molar-refractivity contribution in [2.24, 2.45) is 42.2 Å². The van der Waals surface area contributed by atoms with Crippen molar-refractivity contribution >= 4 is 57.3 Å². The van der Waals surface area contributed by atoms with E-state index in [1.54, 1.807) is 0 Å². The fraction of sp³-hybridized carbons (Fsp3) is 0.830. The Bertz CT molecular complexity index is 1420. The second-order valence-electron chi connectivity index (χ2n) is 17.1. The number of aliphatic imine (C=N–C) groups is 5. The van der Waals surface area contributed by atoms with Crippen molar-refractivity contribution in [1.82, 2.24) is 15.5 Å². The smallest absolute Gasteiger partial charge is 0.325 e. The van der Waals surface area contributed by atoms with Gasteiger partial charge in [-0.25, -0.2) is 63.4 Å². The molecule has 0 saturated heterocycles. The highest BCUT2D eigenvalue weighted by molar-refractivity contribution is 5.93. The number of imide groups is 1. The van der Waals surface area contributed by atoms with Gasteiger partial charge in [-0.2, -0.15) is 0 Å². The summed E-state index contributed by atoms with van der Waals surface area (Å²) in [6.45, 7) is 9.06. The van der Waals surface area contributed by atoms with Crippen molar-refractivity contribution in [3.63, 3.8) is 0 Å². The minimum atomic E-state index is -0.416. The van der Waals surface area contributed by atoms with Gasteiger partial charge in [-0.1, -0.05) is 71.7 Å². The van der Waals surface area contributed by atoms with E-state index in [4.69, 9.17) is 9.90 Å². The first kappa shape index (κ1) is 69.6. The van der Waals surface area contributed by atoms with E-state index in [0.29, 0.717) is 70.7 Å². The molecule has 387 valence electrons. The lowest BCUT2D eigenvalue weighted by Gasteiger charge is -2.46. The number of nitrogens with zero attached hydrogens (tertiary/aromatic N) is 6. The standard InChI is InChI=1S/C23H38N6O5.C15H28O2.C8H12N2O2.CHO2.B.H2O.H2/c30-19-24-13-7-1-3-10-16-27-22(33)29(18-12-6-5-9-15-26-21-32)23(34)28-17-11-4-2-8-14-25-20-31;1-15(2,11-3-7-13(16)8-4-11)12-5-9-14(17)10-6-12;11-7-9-5-3-1-2-4-6-10-8-12;2-1-3;;;/h1-18H2,(H,27,33)(H,28,34);11-14,16-17H,3-10H2,1-2H3;1-6H2;(H,2,3);;1H2;1H/q;;;-1;;;. The molecule has 68 heavy (non-hydrogen) atoms. The van der Waals surface area contributed by atoms with E-state index >= 15 is 0 Å². The number of urea groups is 2. The SMILES string of the molecule is CC(C)(C1CCC(O)CC1)C1CCC(O)CC1.O.O=C=NCCCCCCN=C=O.O=C=NCCCCCCNC(=O)N(CCCCCCN=C=O)C(=O)NCCCCCCN=C=O.O=[C-]O.[B].[HH]. The molecule has 20 nitrogen and oxygen atoms in total. The second-order valence-corrected chi connectivity index (χ2v) is 17.1. The second kappa shape index (κ2) is 51.4. The maximum atomic E-state index is 12.6. The van der Waals surface area contributed by atoms with Crippen LogP contribution in [0, 0.1) is 17.3 Å². The summed E-state index contributed by atoms with van der Waals surface area (Å²) in [5.74, 6) is 1.54. The minimum absolute atomic E-state index is 0. The zero-order valence-corrected chi connectivity index (χ0v) is 40.8. The minimum Gasteiger partial charge on any atom is -0.665 e. The normalized spacial score (nSPS) is 16.6. The lowest BCUT2D eigenvalue weighted by Crippen LogP contribution is -2.49. The average Bonchev–Trinajstić information content (AvgIpc) is 3.31. The largest absolute Gasteiger partial charge is 0.665 e. The third-order valence-corrected chi connectivity index (χ3v) is 11.9. The zero-order valence-electron chi connectivity index (χ0n) is 40.8. The van der Waals surface area contributed by atoms with E-state index in [9.17, 15) is 43.8 Å². The van der Waals surface area contributed by atoms with Crippen LogP contribution in [0.3, 0.4) is 0 Å².